The third kappa shape index (κ3) is 5.11. The third-order valence-corrected chi connectivity index (χ3v) is 5.48. The number of hydrogen-bond donors (Lipinski definition) is 0. The molecule has 0 aromatic carbocycles. The lowest BCUT2D eigenvalue weighted by Gasteiger charge is -2.33. The monoisotopic (exact) mass is 456 g/mol. The van der Waals surface area contributed by atoms with Gasteiger partial charge in [0.1, 0.15) is 0 Å². The molecule has 1 rings (SSSR count). The molecule has 1 aliphatic rings. The SMILES string of the molecule is CCCC[C@H](/C=C/CC(F)(F)C(F)(F)C(F)(F)C(F)(F)F)B1OC(C)(C)C(C)(C)O1. The second-order valence-corrected chi connectivity index (χ2v) is 8.41. The molecule has 0 unspecified atom stereocenters. The van der Waals surface area contributed by atoms with Crippen molar-refractivity contribution < 1.29 is 48.8 Å². The lowest BCUT2D eigenvalue weighted by Crippen LogP contribution is -2.60. The van der Waals surface area contributed by atoms with Gasteiger partial charge in [-0.15, -0.1) is 0 Å². The van der Waals surface area contributed by atoms with E-state index in [-0.39, 0.29) is 0 Å². The Morgan fingerprint density at radius 2 is 1.30 bits per heavy atom. The smallest absolute Gasteiger partial charge is 0.403 e. The number of alkyl halides is 9. The Morgan fingerprint density at radius 3 is 1.70 bits per heavy atom. The molecule has 0 bridgehead atoms. The van der Waals surface area contributed by atoms with Crippen molar-refractivity contribution in [2.24, 2.45) is 0 Å². The van der Waals surface area contributed by atoms with Crippen LogP contribution >= 0.6 is 0 Å². The van der Waals surface area contributed by atoms with Crippen molar-refractivity contribution in [2.45, 2.75) is 101 Å². The Kier molecular flexibility index (Phi) is 7.74. The van der Waals surface area contributed by atoms with Gasteiger partial charge in [-0.3, -0.25) is 0 Å². The van der Waals surface area contributed by atoms with Gasteiger partial charge in [-0.2, -0.15) is 39.5 Å². The fraction of sp³-hybridized carbons (Fsp3) is 0.889. The number of allylic oxidation sites excluding steroid dienone is 2. The van der Waals surface area contributed by atoms with Gasteiger partial charge in [0.15, 0.2) is 0 Å². The molecule has 0 aromatic heterocycles. The van der Waals surface area contributed by atoms with Crippen LogP contribution in [0.25, 0.3) is 0 Å². The highest BCUT2D eigenvalue weighted by atomic mass is 19.4. The van der Waals surface area contributed by atoms with Crippen molar-refractivity contribution in [2.75, 3.05) is 0 Å². The van der Waals surface area contributed by atoms with Crippen LogP contribution in [0.1, 0.15) is 60.3 Å². The molecule has 0 aliphatic carbocycles. The molecule has 176 valence electrons. The first kappa shape index (κ1) is 27.1. The maximum atomic E-state index is 13.7. The summed E-state index contributed by atoms with van der Waals surface area (Å²) in [6, 6.07) is 0. The molecule has 1 aliphatic heterocycles. The number of halogens is 9. The normalized spacial score (nSPS) is 21.5. The van der Waals surface area contributed by atoms with Crippen molar-refractivity contribution in [3.8, 4) is 0 Å². The van der Waals surface area contributed by atoms with Crippen LogP contribution in [0.15, 0.2) is 12.2 Å². The summed E-state index contributed by atoms with van der Waals surface area (Å²) in [5, 5.41) is 0. The number of hydrogen-bond acceptors (Lipinski definition) is 2. The fourth-order valence-corrected chi connectivity index (χ4v) is 2.75. The maximum Gasteiger partial charge on any atom is 0.465 e. The van der Waals surface area contributed by atoms with Gasteiger partial charge in [0.25, 0.3) is 0 Å². The summed E-state index contributed by atoms with van der Waals surface area (Å²) in [5.41, 5.74) is -1.52. The van der Waals surface area contributed by atoms with E-state index >= 15 is 0 Å². The number of unbranched alkanes of at least 4 members (excludes halogenated alkanes) is 1. The van der Waals surface area contributed by atoms with Crippen LogP contribution in [-0.2, 0) is 9.31 Å². The summed E-state index contributed by atoms with van der Waals surface area (Å²) in [6.45, 7) is 8.80. The Labute approximate surface area is 170 Å². The van der Waals surface area contributed by atoms with E-state index in [0.717, 1.165) is 6.08 Å². The van der Waals surface area contributed by atoms with Crippen LogP contribution in [0.4, 0.5) is 39.5 Å². The lowest BCUT2D eigenvalue weighted by atomic mass is 9.69. The van der Waals surface area contributed by atoms with Crippen LogP contribution in [0.2, 0.25) is 5.82 Å². The Hall–Kier alpha value is -0.905. The highest BCUT2D eigenvalue weighted by Crippen LogP contribution is 2.54. The van der Waals surface area contributed by atoms with E-state index in [1.54, 1.807) is 27.7 Å². The van der Waals surface area contributed by atoms with Crippen molar-refractivity contribution in [1.29, 1.82) is 0 Å². The highest BCUT2D eigenvalue weighted by molar-refractivity contribution is 6.48. The van der Waals surface area contributed by atoms with Gasteiger partial charge >= 0.3 is 31.1 Å². The first-order valence-electron chi connectivity index (χ1n) is 9.46. The first-order chi connectivity index (χ1) is 13.2. The van der Waals surface area contributed by atoms with E-state index in [1.807, 2.05) is 6.92 Å². The predicted molar refractivity (Wildman–Crippen MR) is 94.0 cm³/mol. The molecular formula is C18H26BF9O2. The van der Waals surface area contributed by atoms with E-state index in [1.165, 1.54) is 0 Å². The Balaban J connectivity index is 3.03. The quantitative estimate of drug-likeness (QED) is 0.210. The van der Waals surface area contributed by atoms with Gasteiger partial charge in [0.05, 0.1) is 11.2 Å². The van der Waals surface area contributed by atoms with Gasteiger partial charge in [-0.1, -0.05) is 31.9 Å². The standard InChI is InChI=1S/C18H26BF9O2/c1-6-7-9-12(19-29-13(2,3)14(4,5)30-19)10-8-11-15(20,21)16(22,23)17(24,25)18(26,27)28/h8,10,12H,6-7,9,11H2,1-5H3/b10-8+/t12-/m1/s1. The molecule has 0 aromatic rings. The predicted octanol–water partition coefficient (Wildman–Crippen LogP) is 7.05. The van der Waals surface area contributed by atoms with Crippen LogP contribution in [0.3, 0.4) is 0 Å². The summed E-state index contributed by atoms with van der Waals surface area (Å²) < 4.78 is 128. The first-order valence-corrected chi connectivity index (χ1v) is 9.46. The number of rotatable bonds is 9. The average molecular weight is 456 g/mol. The largest absolute Gasteiger partial charge is 0.465 e. The maximum absolute atomic E-state index is 13.7. The van der Waals surface area contributed by atoms with Gasteiger partial charge < -0.3 is 9.31 Å². The molecule has 0 saturated carbocycles. The zero-order chi connectivity index (χ0) is 23.8. The Bertz CT molecular complexity index is 599. The van der Waals surface area contributed by atoms with Crippen molar-refractivity contribution in [1.82, 2.24) is 0 Å². The molecule has 0 amide bonds. The van der Waals surface area contributed by atoms with E-state index in [9.17, 15) is 39.5 Å². The minimum atomic E-state index is -6.88. The minimum Gasteiger partial charge on any atom is -0.403 e. The summed E-state index contributed by atoms with van der Waals surface area (Å²) in [6.07, 6.45) is -5.65. The highest BCUT2D eigenvalue weighted by Gasteiger charge is 2.81. The average Bonchev–Trinajstić information content (AvgIpc) is 2.76. The fourth-order valence-electron chi connectivity index (χ4n) is 2.75. The van der Waals surface area contributed by atoms with Crippen molar-refractivity contribution >= 4 is 7.12 Å². The third-order valence-electron chi connectivity index (χ3n) is 5.48. The second-order valence-electron chi connectivity index (χ2n) is 8.41. The van der Waals surface area contributed by atoms with E-state index in [0.29, 0.717) is 25.3 Å². The summed E-state index contributed by atoms with van der Waals surface area (Å²) in [4.78, 5) is 0. The molecule has 12 heteroatoms. The zero-order valence-corrected chi connectivity index (χ0v) is 17.4. The lowest BCUT2D eigenvalue weighted by molar-refractivity contribution is -0.395. The van der Waals surface area contributed by atoms with Crippen molar-refractivity contribution in [3.05, 3.63) is 12.2 Å². The second kappa shape index (κ2) is 8.56. The van der Waals surface area contributed by atoms with Crippen molar-refractivity contribution in [3.63, 3.8) is 0 Å². The Morgan fingerprint density at radius 1 is 0.833 bits per heavy atom. The van der Waals surface area contributed by atoms with Crippen LogP contribution in [-0.4, -0.2) is 42.3 Å². The molecule has 0 N–H and O–H groups in total. The molecule has 0 spiro atoms. The molecule has 30 heavy (non-hydrogen) atoms. The van der Waals surface area contributed by atoms with Gasteiger partial charge in [-0.25, -0.2) is 0 Å². The van der Waals surface area contributed by atoms with Gasteiger partial charge in [0, 0.05) is 12.2 Å². The van der Waals surface area contributed by atoms with Crippen LogP contribution < -0.4 is 0 Å². The molecule has 2 nitrogen and oxygen atoms in total. The van der Waals surface area contributed by atoms with E-state index < -0.39 is 54.5 Å². The molecule has 1 saturated heterocycles. The van der Waals surface area contributed by atoms with Gasteiger partial charge in [-0.05, 0) is 34.1 Å². The molecular weight excluding hydrogens is 430 g/mol. The topological polar surface area (TPSA) is 18.5 Å². The van der Waals surface area contributed by atoms with Crippen LogP contribution in [0.5, 0.6) is 0 Å². The molecule has 1 heterocycles. The zero-order valence-electron chi connectivity index (χ0n) is 17.4. The van der Waals surface area contributed by atoms with Crippen LogP contribution in [0, 0.1) is 0 Å². The molecule has 1 fully saturated rings. The minimum absolute atomic E-state index is 0.352. The summed E-state index contributed by atoms with van der Waals surface area (Å²) in [5.74, 6) is -19.8. The molecule has 0 radical (unpaired) electrons. The molecule has 1 atom stereocenters. The summed E-state index contributed by atoms with van der Waals surface area (Å²) >= 11 is 0. The van der Waals surface area contributed by atoms with E-state index in [4.69, 9.17) is 9.31 Å². The summed E-state index contributed by atoms with van der Waals surface area (Å²) in [7, 11) is -0.913. The van der Waals surface area contributed by atoms with Gasteiger partial charge in [0.2, 0.25) is 0 Å². The van der Waals surface area contributed by atoms with E-state index in [2.05, 4.69) is 0 Å².